The highest BCUT2D eigenvalue weighted by Crippen LogP contribution is 2.45. The fourth-order valence-electron chi connectivity index (χ4n) is 8.47. The van der Waals surface area contributed by atoms with Gasteiger partial charge in [-0.25, -0.2) is 0 Å². The number of aromatic nitrogens is 1. The van der Waals surface area contributed by atoms with E-state index in [2.05, 4.69) is 159 Å². The van der Waals surface area contributed by atoms with Crippen LogP contribution in [0.2, 0.25) is 0 Å². The zero-order valence-electron chi connectivity index (χ0n) is 28.1. The van der Waals surface area contributed by atoms with E-state index >= 15 is 0 Å². The summed E-state index contributed by atoms with van der Waals surface area (Å²) in [5, 5.41) is 4.09. The fourth-order valence-corrected chi connectivity index (χ4v) is 9.74. The minimum Gasteiger partial charge on any atom is -0.352 e. The van der Waals surface area contributed by atoms with Gasteiger partial charge in [0, 0.05) is 44.7 Å². The van der Waals surface area contributed by atoms with Crippen LogP contribution in [0.4, 0.5) is 0 Å². The molecule has 3 aliphatic carbocycles. The molecule has 0 amide bonds. The quantitative estimate of drug-likeness (QED) is 0.191. The van der Waals surface area contributed by atoms with Crippen molar-refractivity contribution < 1.29 is 0 Å². The average Bonchev–Trinajstić information content (AvgIpc) is 3.64. The first-order chi connectivity index (χ1) is 23.5. The second kappa shape index (κ2) is 11.5. The van der Waals surface area contributed by atoms with Crippen molar-refractivity contribution in [2.24, 2.45) is 22.7 Å². The fraction of sp³-hybridized carbons (Fsp3) is 0.250. The molecule has 238 valence electrons. The highest BCUT2D eigenvalue weighted by atomic mass is 32.1. The number of para-hydroxylation sites is 1. The molecule has 48 heavy (non-hydrogen) atoms. The molecule has 3 nitrogen and oxygen atoms in total. The van der Waals surface area contributed by atoms with Gasteiger partial charge in [0.05, 0.1) is 16.7 Å². The van der Waals surface area contributed by atoms with Crippen LogP contribution < -0.4 is 0 Å². The number of hydrogen-bond acceptors (Lipinski definition) is 3. The molecule has 4 heteroatoms. The van der Waals surface area contributed by atoms with Crippen LogP contribution in [-0.2, 0) is 0 Å². The second-order valence-electron chi connectivity index (χ2n) is 14.1. The summed E-state index contributed by atoms with van der Waals surface area (Å²) < 4.78 is 3.88. The van der Waals surface area contributed by atoms with Crippen LogP contribution in [0.15, 0.2) is 132 Å². The number of fused-ring (bicyclic) bond motifs is 6. The van der Waals surface area contributed by atoms with Gasteiger partial charge in [0.2, 0.25) is 0 Å². The van der Waals surface area contributed by atoms with Crippen molar-refractivity contribution in [2.75, 3.05) is 7.05 Å². The van der Waals surface area contributed by atoms with E-state index in [1.165, 1.54) is 64.9 Å². The molecule has 0 bridgehead atoms. The van der Waals surface area contributed by atoms with Gasteiger partial charge in [-0.2, -0.15) is 0 Å². The molecule has 4 aliphatic rings. The maximum absolute atomic E-state index is 5.47. The summed E-state index contributed by atoms with van der Waals surface area (Å²) in [5.74, 6) is 1.54. The van der Waals surface area contributed by atoms with Crippen molar-refractivity contribution in [1.29, 1.82) is 0 Å². The number of aliphatic imine (C=N–C) groups is 1. The van der Waals surface area contributed by atoms with Crippen molar-refractivity contribution in [2.45, 2.75) is 45.7 Å². The van der Waals surface area contributed by atoms with Crippen LogP contribution in [-0.4, -0.2) is 28.4 Å². The first kappa shape index (κ1) is 29.5. The lowest BCUT2D eigenvalue weighted by Crippen LogP contribution is -2.42. The van der Waals surface area contributed by atoms with Crippen LogP contribution in [0.1, 0.15) is 55.5 Å². The number of thiophene rings is 1. The van der Waals surface area contributed by atoms with E-state index in [9.17, 15) is 0 Å². The number of hydrogen-bond donors (Lipinski definition) is 0. The van der Waals surface area contributed by atoms with Crippen molar-refractivity contribution in [1.82, 2.24) is 9.47 Å². The van der Waals surface area contributed by atoms with Gasteiger partial charge < -0.3 is 9.47 Å². The van der Waals surface area contributed by atoms with Gasteiger partial charge in [0.25, 0.3) is 0 Å². The highest BCUT2D eigenvalue weighted by Gasteiger charge is 2.35. The number of allylic oxidation sites excluding steroid dienone is 9. The minimum absolute atomic E-state index is 0.00600. The molecule has 3 heterocycles. The Balaban J connectivity index is 1.13. The molecule has 0 N–H and O–H groups in total. The van der Waals surface area contributed by atoms with E-state index in [0.29, 0.717) is 11.8 Å². The van der Waals surface area contributed by atoms with Gasteiger partial charge in [-0.15, -0.1) is 11.3 Å². The Kier molecular flexibility index (Phi) is 7.05. The van der Waals surface area contributed by atoms with Gasteiger partial charge >= 0.3 is 0 Å². The Hall–Kier alpha value is -4.67. The molecule has 9 rings (SSSR count). The number of likely N-dealkylation sites (N-methyl/N-ethyl adjacent to an activating group) is 1. The molecule has 5 atom stereocenters. The van der Waals surface area contributed by atoms with E-state index in [0.717, 1.165) is 18.6 Å². The summed E-state index contributed by atoms with van der Waals surface area (Å²) in [5.41, 5.74) is 10.3. The number of benzene rings is 3. The smallest absolute Gasteiger partial charge is 0.128 e. The van der Waals surface area contributed by atoms with Gasteiger partial charge in [0.15, 0.2) is 0 Å². The normalized spacial score (nSPS) is 25.3. The predicted molar refractivity (Wildman–Crippen MR) is 207 cm³/mol. The third kappa shape index (κ3) is 4.64. The Bertz CT molecular complexity index is 2320. The Labute approximate surface area is 287 Å². The molecule has 5 unspecified atom stereocenters. The molecule has 0 spiro atoms. The monoisotopic (exact) mass is 643 g/mol. The average molecular weight is 644 g/mol. The topological polar surface area (TPSA) is 20.5 Å². The SMILES string of the molecule is CC1CC=CC=C1C1=CC(c2ccccc2)=NC(C2C=CC(n3c4ccccc4c4cc5c6c(sc5cc43)C=CCC6C)=CC2C)N1C. The molecular weight excluding hydrogens is 603 g/mol. The molecule has 0 radical (unpaired) electrons. The second-order valence-corrected chi connectivity index (χ2v) is 15.2. The number of rotatable bonds is 4. The molecule has 5 aromatic rings. The molecule has 1 aliphatic heterocycles. The van der Waals surface area contributed by atoms with Crippen LogP contribution in [0, 0.1) is 17.8 Å². The molecule has 3 aromatic carbocycles. The summed E-state index contributed by atoms with van der Waals surface area (Å²) in [6, 6.07) is 24.6. The van der Waals surface area contributed by atoms with Gasteiger partial charge in [-0.05, 0) is 89.1 Å². The summed E-state index contributed by atoms with van der Waals surface area (Å²) in [6.07, 6.45) is 23.2. The van der Waals surface area contributed by atoms with Gasteiger partial charge in [-0.3, -0.25) is 4.99 Å². The van der Waals surface area contributed by atoms with Crippen molar-refractivity contribution in [3.8, 4) is 0 Å². The highest BCUT2D eigenvalue weighted by molar-refractivity contribution is 7.20. The Morgan fingerprint density at radius 3 is 2.46 bits per heavy atom. The van der Waals surface area contributed by atoms with Crippen molar-refractivity contribution in [3.05, 3.63) is 143 Å². The van der Waals surface area contributed by atoms with E-state index < -0.39 is 0 Å². The predicted octanol–water partition coefficient (Wildman–Crippen LogP) is 11.4. The first-order valence-corrected chi connectivity index (χ1v) is 18.3. The largest absolute Gasteiger partial charge is 0.352 e. The number of nitrogens with zero attached hydrogens (tertiary/aromatic N) is 3. The lowest BCUT2D eigenvalue weighted by atomic mass is 9.83. The van der Waals surface area contributed by atoms with Crippen LogP contribution in [0.25, 0.3) is 43.7 Å². The third-order valence-corrected chi connectivity index (χ3v) is 12.2. The van der Waals surface area contributed by atoms with Crippen molar-refractivity contribution in [3.63, 3.8) is 0 Å². The van der Waals surface area contributed by atoms with Crippen LogP contribution in [0.5, 0.6) is 0 Å². The summed E-state index contributed by atoms with van der Waals surface area (Å²) >= 11 is 1.94. The first-order valence-electron chi connectivity index (χ1n) is 17.5. The standard InChI is InChI=1S/C44H41N3S/c1-27-13-8-9-17-32(27)39-25-37(30-15-6-5-7-16-30)45-44(46(39)4)33-22-21-31(23-29(33)3)47-38-19-11-10-18-34(38)35-24-36-42(26-40(35)47)48-41-20-12-14-28(2)43(36)41/h5-12,15-29,33,44H,13-14H2,1-4H3. The van der Waals surface area contributed by atoms with Gasteiger partial charge in [0.1, 0.15) is 6.17 Å². The lowest BCUT2D eigenvalue weighted by Gasteiger charge is -2.41. The molecule has 0 fully saturated rings. The maximum Gasteiger partial charge on any atom is 0.128 e. The van der Waals surface area contributed by atoms with E-state index in [4.69, 9.17) is 4.99 Å². The Morgan fingerprint density at radius 2 is 1.62 bits per heavy atom. The van der Waals surface area contributed by atoms with E-state index in [1.807, 2.05) is 11.3 Å². The van der Waals surface area contributed by atoms with E-state index in [-0.39, 0.29) is 18.0 Å². The minimum atomic E-state index is -0.00600. The Morgan fingerprint density at radius 1 is 0.812 bits per heavy atom. The van der Waals surface area contributed by atoms with Crippen LogP contribution >= 0.6 is 11.3 Å². The molecular formula is C44H41N3S. The van der Waals surface area contributed by atoms with Gasteiger partial charge in [-0.1, -0.05) is 106 Å². The summed E-state index contributed by atoms with van der Waals surface area (Å²) in [6.45, 7) is 7.08. The summed E-state index contributed by atoms with van der Waals surface area (Å²) in [7, 11) is 2.24. The molecule has 0 saturated carbocycles. The third-order valence-electron chi connectivity index (χ3n) is 11.1. The summed E-state index contributed by atoms with van der Waals surface area (Å²) in [4.78, 5) is 9.33. The van der Waals surface area contributed by atoms with Crippen LogP contribution in [0.3, 0.4) is 0 Å². The molecule has 0 saturated heterocycles. The van der Waals surface area contributed by atoms with Crippen molar-refractivity contribution >= 4 is 60.7 Å². The maximum atomic E-state index is 5.47. The molecule has 2 aromatic heterocycles. The lowest BCUT2D eigenvalue weighted by molar-refractivity contribution is 0.224. The van der Waals surface area contributed by atoms with E-state index in [1.54, 1.807) is 0 Å². The zero-order valence-corrected chi connectivity index (χ0v) is 28.9. The zero-order chi connectivity index (χ0) is 32.5.